The van der Waals surface area contributed by atoms with Crippen LogP contribution in [-0.2, 0) is 14.4 Å². The van der Waals surface area contributed by atoms with Crippen molar-refractivity contribution in [3.63, 3.8) is 0 Å². The van der Waals surface area contributed by atoms with Crippen molar-refractivity contribution in [2.24, 2.45) is 0 Å². The predicted octanol–water partition coefficient (Wildman–Crippen LogP) is 2.10. The van der Waals surface area contributed by atoms with Gasteiger partial charge in [0.2, 0.25) is 0 Å². The van der Waals surface area contributed by atoms with E-state index in [0.29, 0.717) is 6.42 Å². The number of nitrogens with zero attached hydrogens (tertiary/aromatic N) is 2. The summed E-state index contributed by atoms with van der Waals surface area (Å²) in [6.07, 6.45) is 1.90. The molecule has 0 radical (unpaired) electrons. The smallest absolute Gasteiger partial charge is 0.383 e. The highest BCUT2D eigenvalue weighted by Gasteiger charge is 2.58. The maximum Gasteiger partial charge on any atom is 0.383 e. The Balaban J connectivity index is 1.84. The molecule has 2 fully saturated rings. The van der Waals surface area contributed by atoms with Gasteiger partial charge in [-0.2, -0.15) is 5.06 Å². The Bertz CT molecular complexity index is 608. The van der Waals surface area contributed by atoms with Gasteiger partial charge in [0.25, 0.3) is 0 Å². The van der Waals surface area contributed by atoms with Crippen LogP contribution in [0.5, 0.6) is 0 Å². The summed E-state index contributed by atoms with van der Waals surface area (Å²) >= 11 is 0. The zero-order valence-corrected chi connectivity index (χ0v) is 13.2. The van der Waals surface area contributed by atoms with Crippen molar-refractivity contribution in [3.05, 3.63) is 46.0 Å². The molecule has 2 aliphatic heterocycles. The second-order valence-corrected chi connectivity index (χ2v) is 6.39. The number of carbonyl (C=O) groups is 1. The molecule has 0 saturated carbocycles. The second-order valence-electron chi connectivity index (χ2n) is 6.39. The number of rotatable bonds is 4. The molecule has 2 aliphatic rings. The van der Waals surface area contributed by atoms with Crippen molar-refractivity contribution in [2.75, 3.05) is 7.11 Å². The summed E-state index contributed by atoms with van der Waals surface area (Å²) in [6.45, 7) is 2.03. The third-order valence-electron chi connectivity index (χ3n) is 4.88. The molecule has 4 unspecified atom stereocenters. The van der Waals surface area contributed by atoms with Gasteiger partial charge in [-0.1, -0.05) is 30.3 Å². The van der Waals surface area contributed by atoms with E-state index in [1.807, 2.05) is 37.3 Å². The topological polar surface area (TPSA) is 81.9 Å². The van der Waals surface area contributed by atoms with Crippen LogP contribution in [0.25, 0.3) is 0 Å². The summed E-state index contributed by atoms with van der Waals surface area (Å²) in [5.74, 6) is -0.823. The minimum Gasteiger partial charge on any atom is -0.464 e. The zero-order chi connectivity index (χ0) is 16.6. The average molecular weight is 320 g/mol. The van der Waals surface area contributed by atoms with E-state index in [1.165, 1.54) is 7.11 Å². The fourth-order valence-corrected chi connectivity index (χ4v) is 3.69. The van der Waals surface area contributed by atoms with Crippen molar-refractivity contribution in [1.29, 1.82) is 0 Å². The predicted molar refractivity (Wildman–Crippen MR) is 80.9 cm³/mol. The largest absolute Gasteiger partial charge is 0.464 e. The van der Waals surface area contributed by atoms with Crippen LogP contribution >= 0.6 is 0 Å². The van der Waals surface area contributed by atoms with E-state index in [2.05, 4.69) is 4.74 Å². The minimum atomic E-state index is -1.42. The summed E-state index contributed by atoms with van der Waals surface area (Å²) < 4.78 is 4.62. The highest BCUT2D eigenvalue weighted by molar-refractivity contribution is 5.75. The highest BCUT2D eigenvalue weighted by Crippen LogP contribution is 2.49. The molecule has 124 valence electrons. The number of methoxy groups -OCH3 is 1. The molecule has 0 amide bonds. The molecule has 0 aliphatic carbocycles. The van der Waals surface area contributed by atoms with Gasteiger partial charge in [0.15, 0.2) is 0 Å². The van der Waals surface area contributed by atoms with Gasteiger partial charge in [0.05, 0.1) is 7.11 Å². The van der Waals surface area contributed by atoms with Crippen LogP contribution in [0.2, 0.25) is 0 Å². The number of nitro groups is 1. The van der Waals surface area contributed by atoms with Gasteiger partial charge in [0, 0.05) is 16.9 Å². The van der Waals surface area contributed by atoms with Crippen molar-refractivity contribution in [3.8, 4) is 0 Å². The van der Waals surface area contributed by atoms with Gasteiger partial charge in [-0.15, -0.1) is 0 Å². The number of hydroxylamine groups is 2. The standard InChI is InChI=1S/C16H20N2O5/c1-16-9-8-12(14(18(20)21)15(19)22-2)17(16)23-13(10-16)11-6-4-3-5-7-11/h3-7,12-14H,8-10H2,1-2H3. The number of esters is 1. The third kappa shape index (κ3) is 2.70. The summed E-state index contributed by atoms with van der Waals surface area (Å²) in [4.78, 5) is 28.7. The van der Waals surface area contributed by atoms with Crippen molar-refractivity contribution >= 4 is 5.97 Å². The molecular weight excluding hydrogens is 300 g/mol. The van der Waals surface area contributed by atoms with Gasteiger partial charge >= 0.3 is 12.0 Å². The lowest BCUT2D eigenvalue weighted by Crippen LogP contribution is -2.50. The lowest BCUT2D eigenvalue weighted by Gasteiger charge is -2.29. The first-order chi connectivity index (χ1) is 11.0. The van der Waals surface area contributed by atoms with Crippen LogP contribution < -0.4 is 0 Å². The van der Waals surface area contributed by atoms with E-state index in [0.717, 1.165) is 18.4 Å². The van der Waals surface area contributed by atoms with Gasteiger partial charge in [-0.25, -0.2) is 4.79 Å². The minimum absolute atomic E-state index is 0.144. The first kappa shape index (κ1) is 15.9. The quantitative estimate of drug-likeness (QED) is 0.480. The molecular formula is C16H20N2O5. The number of hydrogen-bond donors (Lipinski definition) is 0. The first-order valence-corrected chi connectivity index (χ1v) is 7.68. The molecule has 0 bridgehead atoms. The summed E-state index contributed by atoms with van der Waals surface area (Å²) in [5.41, 5.74) is 0.741. The number of carbonyl (C=O) groups excluding carboxylic acids is 1. The van der Waals surface area contributed by atoms with Crippen LogP contribution in [0.4, 0.5) is 0 Å². The van der Waals surface area contributed by atoms with Gasteiger partial charge in [-0.05, 0) is 25.3 Å². The molecule has 7 nitrogen and oxygen atoms in total. The molecule has 0 aromatic heterocycles. The van der Waals surface area contributed by atoms with E-state index in [9.17, 15) is 14.9 Å². The maximum absolute atomic E-state index is 11.8. The Kier molecular flexibility index (Phi) is 4.08. The SMILES string of the molecule is COC(=O)C(C1CCC2(C)CC(c3ccccc3)ON12)[N+](=O)[O-]. The van der Waals surface area contributed by atoms with Gasteiger partial charge in [-0.3, -0.25) is 15.0 Å². The molecule has 2 heterocycles. The molecule has 0 N–H and O–H groups in total. The Labute approximate surface area is 134 Å². The highest BCUT2D eigenvalue weighted by atomic mass is 16.7. The van der Waals surface area contributed by atoms with E-state index < -0.39 is 23.0 Å². The number of hydrogen-bond acceptors (Lipinski definition) is 6. The fourth-order valence-electron chi connectivity index (χ4n) is 3.69. The zero-order valence-electron chi connectivity index (χ0n) is 13.2. The lowest BCUT2D eigenvalue weighted by atomic mass is 9.91. The second kappa shape index (κ2) is 5.90. The molecule has 7 heteroatoms. The number of ether oxygens (including phenoxy) is 1. The lowest BCUT2D eigenvalue weighted by molar-refractivity contribution is -0.522. The van der Waals surface area contributed by atoms with Gasteiger partial charge in [0.1, 0.15) is 12.1 Å². The molecule has 23 heavy (non-hydrogen) atoms. The normalized spacial score (nSPS) is 31.6. The Morgan fingerprint density at radius 3 is 2.78 bits per heavy atom. The summed E-state index contributed by atoms with van der Waals surface area (Å²) in [5, 5.41) is 13.0. The average Bonchev–Trinajstić information content (AvgIpc) is 3.03. The molecule has 4 atom stereocenters. The van der Waals surface area contributed by atoms with Gasteiger partial charge < -0.3 is 4.74 Å². The van der Waals surface area contributed by atoms with Crippen LogP contribution in [0.3, 0.4) is 0 Å². The summed E-state index contributed by atoms with van der Waals surface area (Å²) in [6, 6.07) is 7.76. The number of benzene rings is 1. The molecule has 1 aromatic rings. The molecule has 2 saturated heterocycles. The summed E-state index contributed by atoms with van der Waals surface area (Å²) in [7, 11) is 1.17. The van der Waals surface area contributed by atoms with Crippen LogP contribution in [0.1, 0.15) is 37.9 Å². The maximum atomic E-state index is 11.8. The van der Waals surface area contributed by atoms with E-state index in [1.54, 1.807) is 5.06 Å². The van der Waals surface area contributed by atoms with E-state index in [4.69, 9.17) is 4.84 Å². The first-order valence-electron chi connectivity index (χ1n) is 7.68. The van der Waals surface area contributed by atoms with E-state index in [-0.39, 0.29) is 11.6 Å². The Hall–Kier alpha value is -1.99. The van der Waals surface area contributed by atoms with Crippen molar-refractivity contribution < 1.29 is 19.3 Å². The van der Waals surface area contributed by atoms with E-state index >= 15 is 0 Å². The molecule has 1 aromatic carbocycles. The number of fused-ring (bicyclic) bond motifs is 1. The van der Waals surface area contributed by atoms with Crippen LogP contribution in [-0.4, -0.2) is 40.7 Å². The van der Waals surface area contributed by atoms with Crippen molar-refractivity contribution in [2.45, 2.75) is 49.9 Å². The monoisotopic (exact) mass is 320 g/mol. The fraction of sp³-hybridized carbons (Fsp3) is 0.562. The Morgan fingerprint density at radius 2 is 2.17 bits per heavy atom. The van der Waals surface area contributed by atoms with Crippen molar-refractivity contribution in [1.82, 2.24) is 5.06 Å². The molecule has 0 spiro atoms. The Morgan fingerprint density at radius 1 is 1.48 bits per heavy atom. The van der Waals surface area contributed by atoms with Crippen LogP contribution in [0.15, 0.2) is 30.3 Å². The third-order valence-corrected chi connectivity index (χ3v) is 4.88. The molecule has 3 rings (SSSR count). The van der Waals surface area contributed by atoms with Crippen LogP contribution in [0, 0.1) is 10.1 Å².